The van der Waals surface area contributed by atoms with E-state index in [0.717, 1.165) is 0 Å². The molecular formula is C8H10BrNO2. The Kier molecular flexibility index (Phi) is 2.92. The Balaban J connectivity index is 2.78. The fraction of sp³-hybridized carbons (Fsp3) is 0.375. The summed E-state index contributed by atoms with van der Waals surface area (Å²) >= 11 is 3.13. The Morgan fingerprint density at radius 3 is 2.83 bits per heavy atom. The Labute approximate surface area is 79.5 Å². The van der Waals surface area contributed by atoms with E-state index in [4.69, 9.17) is 4.42 Å². The Hall–Kier alpha value is -0.770. The van der Waals surface area contributed by atoms with Crippen LogP contribution in [-0.4, -0.2) is 24.4 Å². The van der Waals surface area contributed by atoms with Gasteiger partial charge in [0.25, 0.3) is 5.91 Å². The van der Waals surface area contributed by atoms with Crippen LogP contribution in [0.1, 0.15) is 17.3 Å². The minimum atomic E-state index is -0.0213. The lowest BCUT2D eigenvalue weighted by Crippen LogP contribution is -2.25. The van der Waals surface area contributed by atoms with E-state index in [9.17, 15) is 4.79 Å². The molecule has 0 fully saturated rings. The molecule has 1 aromatic rings. The van der Waals surface area contributed by atoms with Gasteiger partial charge in [0.05, 0.1) is 5.56 Å². The number of nitrogens with zero attached hydrogens (tertiary/aromatic N) is 1. The summed E-state index contributed by atoms with van der Waals surface area (Å²) in [5.74, 6) is -0.0213. The molecule has 1 rings (SSSR count). The van der Waals surface area contributed by atoms with Crippen LogP contribution in [0.2, 0.25) is 0 Å². The molecule has 0 radical (unpaired) electrons. The van der Waals surface area contributed by atoms with Gasteiger partial charge >= 0.3 is 0 Å². The first kappa shape index (κ1) is 9.32. The molecule has 4 heteroatoms. The van der Waals surface area contributed by atoms with E-state index >= 15 is 0 Å². The van der Waals surface area contributed by atoms with Crippen LogP contribution in [-0.2, 0) is 0 Å². The molecule has 66 valence electrons. The summed E-state index contributed by atoms with van der Waals surface area (Å²) in [4.78, 5) is 13.1. The summed E-state index contributed by atoms with van der Waals surface area (Å²) in [6.45, 7) is 2.62. The number of hydrogen-bond donors (Lipinski definition) is 0. The van der Waals surface area contributed by atoms with Gasteiger partial charge in [-0.15, -0.1) is 0 Å². The largest absolute Gasteiger partial charge is 0.457 e. The maximum atomic E-state index is 11.4. The molecular weight excluding hydrogens is 222 g/mol. The van der Waals surface area contributed by atoms with Crippen LogP contribution in [0.15, 0.2) is 21.4 Å². The zero-order valence-electron chi connectivity index (χ0n) is 7.00. The third-order valence-electron chi connectivity index (χ3n) is 1.64. The van der Waals surface area contributed by atoms with E-state index < -0.39 is 0 Å². The minimum Gasteiger partial charge on any atom is -0.457 e. The summed E-state index contributed by atoms with van der Waals surface area (Å²) < 4.78 is 5.53. The van der Waals surface area contributed by atoms with Crippen molar-refractivity contribution in [2.45, 2.75) is 6.92 Å². The lowest BCUT2D eigenvalue weighted by molar-refractivity contribution is 0.0802. The second kappa shape index (κ2) is 3.76. The number of halogens is 1. The van der Waals surface area contributed by atoms with E-state index in [2.05, 4.69) is 15.9 Å². The number of furan rings is 1. The van der Waals surface area contributed by atoms with Crippen molar-refractivity contribution in [2.24, 2.45) is 0 Å². The summed E-state index contributed by atoms with van der Waals surface area (Å²) in [5.41, 5.74) is 0.575. The van der Waals surface area contributed by atoms with Crippen LogP contribution in [0.4, 0.5) is 0 Å². The highest BCUT2D eigenvalue weighted by Gasteiger charge is 2.11. The molecule has 0 spiro atoms. The van der Waals surface area contributed by atoms with E-state index in [-0.39, 0.29) is 5.91 Å². The van der Waals surface area contributed by atoms with Crippen LogP contribution >= 0.6 is 15.9 Å². The number of carbonyl (C=O) groups excluding carboxylic acids is 1. The highest BCUT2D eigenvalue weighted by Crippen LogP contribution is 2.15. The lowest BCUT2D eigenvalue weighted by atomic mass is 10.3. The first-order valence-corrected chi connectivity index (χ1v) is 4.44. The SMILES string of the molecule is CCN(C)C(=O)c1coc(Br)c1. The molecule has 0 bridgehead atoms. The number of amides is 1. The maximum absolute atomic E-state index is 11.4. The molecule has 0 aliphatic heterocycles. The summed E-state index contributed by atoms with van der Waals surface area (Å²) in [6.07, 6.45) is 1.44. The molecule has 0 saturated heterocycles. The van der Waals surface area contributed by atoms with Crippen LogP contribution in [0.5, 0.6) is 0 Å². The molecule has 0 saturated carbocycles. The van der Waals surface area contributed by atoms with Crippen molar-refractivity contribution in [1.82, 2.24) is 4.90 Å². The highest BCUT2D eigenvalue weighted by atomic mass is 79.9. The predicted octanol–water partition coefficient (Wildman–Crippen LogP) is 2.13. The second-order valence-corrected chi connectivity index (χ2v) is 3.24. The van der Waals surface area contributed by atoms with Crippen molar-refractivity contribution < 1.29 is 9.21 Å². The minimum absolute atomic E-state index is 0.0213. The zero-order chi connectivity index (χ0) is 9.14. The van der Waals surface area contributed by atoms with Gasteiger partial charge < -0.3 is 9.32 Å². The number of carbonyl (C=O) groups is 1. The van der Waals surface area contributed by atoms with Crippen LogP contribution in [0, 0.1) is 0 Å². The molecule has 1 amide bonds. The van der Waals surface area contributed by atoms with Gasteiger partial charge in [-0.05, 0) is 22.9 Å². The smallest absolute Gasteiger partial charge is 0.256 e. The van der Waals surface area contributed by atoms with Crippen LogP contribution in [0.25, 0.3) is 0 Å². The summed E-state index contributed by atoms with van der Waals surface area (Å²) in [5, 5.41) is 0. The fourth-order valence-corrected chi connectivity index (χ4v) is 1.13. The van der Waals surface area contributed by atoms with Gasteiger partial charge in [-0.1, -0.05) is 0 Å². The molecule has 1 heterocycles. The maximum Gasteiger partial charge on any atom is 0.256 e. The molecule has 0 aliphatic carbocycles. The van der Waals surface area contributed by atoms with Crippen LogP contribution in [0.3, 0.4) is 0 Å². The van der Waals surface area contributed by atoms with Crippen molar-refractivity contribution in [3.8, 4) is 0 Å². The average Bonchev–Trinajstić information content (AvgIpc) is 2.49. The molecule has 0 aromatic carbocycles. The van der Waals surface area contributed by atoms with E-state index in [1.807, 2.05) is 6.92 Å². The molecule has 0 N–H and O–H groups in total. The molecule has 1 aromatic heterocycles. The van der Waals surface area contributed by atoms with Crippen molar-refractivity contribution in [3.05, 3.63) is 22.6 Å². The van der Waals surface area contributed by atoms with E-state index in [1.54, 1.807) is 18.0 Å². The van der Waals surface area contributed by atoms with Gasteiger partial charge in [-0.3, -0.25) is 4.79 Å². The quantitative estimate of drug-likeness (QED) is 0.782. The van der Waals surface area contributed by atoms with E-state index in [0.29, 0.717) is 16.8 Å². The second-order valence-electron chi connectivity index (χ2n) is 2.46. The van der Waals surface area contributed by atoms with Gasteiger partial charge in [-0.25, -0.2) is 0 Å². The van der Waals surface area contributed by atoms with E-state index in [1.165, 1.54) is 6.26 Å². The molecule has 0 unspecified atom stereocenters. The first-order valence-electron chi connectivity index (χ1n) is 3.64. The van der Waals surface area contributed by atoms with Crippen molar-refractivity contribution in [2.75, 3.05) is 13.6 Å². The molecule has 3 nitrogen and oxygen atoms in total. The van der Waals surface area contributed by atoms with Crippen molar-refractivity contribution >= 4 is 21.8 Å². The fourth-order valence-electron chi connectivity index (χ4n) is 0.786. The average molecular weight is 232 g/mol. The Morgan fingerprint density at radius 1 is 1.75 bits per heavy atom. The third-order valence-corrected chi connectivity index (χ3v) is 2.05. The Morgan fingerprint density at radius 2 is 2.42 bits per heavy atom. The molecule has 0 atom stereocenters. The normalized spacial score (nSPS) is 9.92. The highest BCUT2D eigenvalue weighted by molar-refractivity contribution is 9.10. The third kappa shape index (κ3) is 1.88. The lowest BCUT2D eigenvalue weighted by Gasteiger charge is -2.11. The first-order chi connectivity index (χ1) is 5.65. The van der Waals surface area contributed by atoms with Gasteiger partial charge in [0.15, 0.2) is 4.67 Å². The topological polar surface area (TPSA) is 33.5 Å². The van der Waals surface area contributed by atoms with Gasteiger partial charge in [0.1, 0.15) is 6.26 Å². The monoisotopic (exact) mass is 231 g/mol. The van der Waals surface area contributed by atoms with Crippen molar-refractivity contribution in [3.63, 3.8) is 0 Å². The molecule has 12 heavy (non-hydrogen) atoms. The van der Waals surface area contributed by atoms with Crippen LogP contribution < -0.4 is 0 Å². The molecule has 0 aliphatic rings. The number of rotatable bonds is 2. The standard InChI is InChI=1S/C8H10BrNO2/c1-3-10(2)8(11)6-4-7(9)12-5-6/h4-5H,3H2,1-2H3. The number of hydrogen-bond acceptors (Lipinski definition) is 2. The predicted molar refractivity (Wildman–Crippen MR) is 49.0 cm³/mol. The van der Waals surface area contributed by atoms with Gasteiger partial charge in [0.2, 0.25) is 0 Å². The van der Waals surface area contributed by atoms with Gasteiger partial charge in [-0.2, -0.15) is 0 Å². The summed E-state index contributed by atoms with van der Waals surface area (Å²) in [7, 11) is 1.75. The zero-order valence-corrected chi connectivity index (χ0v) is 8.59. The van der Waals surface area contributed by atoms with Crippen molar-refractivity contribution in [1.29, 1.82) is 0 Å². The summed E-state index contributed by atoms with van der Waals surface area (Å²) in [6, 6.07) is 1.66. The van der Waals surface area contributed by atoms with Gasteiger partial charge in [0, 0.05) is 19.7 Å². The Bertz CT molecular complexity index is 282.